The number of rotatable bonds is 28. The Morgan fingerprint density at radius 3 is 1.67 bits per heavy atom. The van der Waals surface area contributed by atoms with Crippen molar-refractivity contribution < 1.29 is 63.2 Å². The highest BCUT2D eigenvalue weighted by Gasteiger charge is 2.05. The van der Waals surface area contributed by atoms with Gasteiger partial charge in [-0.15, -0.1) is 0 Å². The zero-order valence-corrected chi connectivity index (χ0v) is 28.8. The number of nitrogens with one attached hydrogen (secondary N) is 1. The standard InChI is InChI=1S/C15H29NO7.C14H26O6.C2H6.H2/c1-3-4-6-20-8-9-21-10-11-22-12-14(17)16-13-23-7-5-15(18)19-2;1-4-19-13(15)6-10-17-8-5-9-18-11-7-14(16)20-12(2)3;1-2;/h3-13H2,1-2H3,(H,16,17);12H,4-11H2,1-3H3;1-2H3;1H. The SMILES string of the molecule is CC.CCCCOCCOCCOCC(=O)NCOCCC(=O)OC.CCOC(=O)CCOCCCOCCC(=O)OC(C)C.[HH]. The minimum Gasteiger partial charge on any atom is -0.469 e. The van der Waals surface area contributed by atoms with Gasteiger partial charge in [-0.2, -0.15) is 0 Å². The Morgan fingerprint density at radius 2 is 1.11 bits per heavy atom. The highest BCUT2D eigenvalue weighted by Crippen LogP contribution is 1.95. The lowest BCUT2D eigenvalue weighted by atomic mass is 10.4. The average molecular weight is 658 g/mol. The van der Waals surface area contributed by atoms with Crippen molar-refractivity contribution in [3.8, 4) is 0 Å². The molecule has 0 unspecified atom stereocenters. The summed E-state index contributed by atoms with van der Waals surface area (Å²) in [6.07, 6.45) is 3.51. The smallest absolute Gasteiger partial charge is 0.308 e. The summed E-state index contributed by atoms with van der Waals surface area (Å²) in [6.45, 7) is 16.4. The first-order valence-electron chi connectivity index (χ1n) is 15.9. The monoisotopic (exact) mass is 657 g/mol. The van der Waals surface area contributed by atoms with E-state index in [-0.39, 0.29) is 70.6 Å². The average Bonchev–Trinajstić information content (AvgIpc) is 3.02. The molecular formula is C31H63NO13. The molecule has 1 amide bonds. The summed E-state index contributed by atoms with van der Waals surface area (Å²) < 4.78 is 45.5. The molecule has 14 nitrogen and oxygen atoms in total. The lowest BCUT2D eigenvalue weighted by molar-refractivity contribution is -0.148. The molecule has 0 aromatic rings. The minimum atomic E-state index is -0.351. The Kier molecular flexibility index (Phi) is 41.5. The quantitative estimate of drug-likeness (QED) is 0.0564. The van der Waals surface area contributed by atoms with Gasteiger partial charge in [-0.1, -0.05) is 27.2 Å². The molecule has 0 saturated carbocycles. The number of hydrogen-bond acceptors (Lipinski definition) is 13. The van der Waals surface area contributed by atoms with Gasteiger partial charge in [0.1, 0.15) is 13.3 Å². The second-order valence-electron chi connectivity index (χ2n) is 9.03. The van der Waals surface area contributed by atoms with Gasteiger partial charge in [0.05, 0.1) is 85.3 Å². The summed E-state index contributed by atoms with van der Waals surface area (Å²) in [6, 6.07) is 0. The van der Waals surface area contributed by atoms with E-state index in [0.29, 0.717) is 59.5 Å². The molecule has 45 heavy (non-hydrogen) atoms. The lowest BCUT2D eigenvalue weighted by Gasteiger charge is -2.08. The fourth-order valence-corrected chi connectivity index (χ4v) is 2.70. The van der Waals surface area contributed by atoms with E-state index in [0.717, 1.165) is 25.9 Å². The van der Waals surface area contributed by atoms with E-state index in [1.807, 2.05) is 27.7 Å². The molecule has 0 atom stereocenters. The van der Waals surface area contributed by atoms with Crippen LogP contribution in [0.3, 0.4) is 0 Å². The molecule has 270 valence electrons. The van der Waals surface area contributed by atoms with Gasteiger partial charge in [-0.05, 0) is 33.6 Å². The van der Waals surface area contributed by atoms with Crippen LogP contribution in [0.5, 0.6) is 0 Å². The molecular weight excluding hydrogens is 594 g/mol. The molecule has 0 radical (unpaired) electrons. The summed E-state index contributed by atoms with van der Waals surface area (Å²) in [5.41, 5.74) is 0. The zero-order valence-electron chi connectivity index (χ0n) is 28.8. The van der Waals surface area contributed by atoms with Gasteiger partial charge < -0.3 is 47.9 Å². The van der Waals surface area contributed by atoms with Crippen molar-refractivity contribution >= 4 is 23.8 Å². The molecule has 0 spiro atoms. The highest BCUT2D eigenvalue weighted by atomic mass is 16.6. The van der Waals surface area contributed by atoms with E-state index < -0.39 is 0 Å². The number of esters is 3. The van der Waals surface area contributed by atoms with Gasteiger partial charge in [0.15, 0.2) is 0 Å². The molecule has 0 saturated heterocycles. The van der Waals surface area contributed by atoms with Crippen LogP contribution in [0.25, 0.3) is 0 Å². The van der Waals surface area contributed by atoms with E-state index >= 15 is 0 Å². The molecule has 0 bridgehead atoms. The second-order valence-corrected chi connectivity index (χ2v) is 9.03. The Bertz CT molecular complexity index is 685. The molecule has 0 aliphatic rings. The normalized spacial score (nSPS) is 10.2. The fraction of sp³-hybridized carbons (Fsp3) is 0.871. The maximum Gasteiger partial charge on any atom is 0.308 e. The zero-order chi connectivity index (χ0) is 34.4. The van der Waals surface area contributed by atoms with Crippen LogP contribution in [0.4, 0.5) is 0 Å². The van der Waals surface area contributed by atoms with Crippen molar-refractivity contribution in [2.45, 2.75) is 86.2 Å². The van der Waals surface area contributed by atoms with Crippen molar-refractivity contribution in [1.29, 1.82) is 0 Å². The van der Waals surface area contributed by atoms with E-state index in [2.05, 4.69) is 17.0 Å². The lowest BCUT2D eigenvalue weighted by Crippen LogP contribution is -2.30. The number of amides is 1. The van der Waals surface area contributed by atoms with Gasteiger partial charge in [-0.3, -0.25) is 19.2 Å². The third kappa shape index (κ3) is 43.8. The van der Waals surface area contributed by atoms with E-state index in [4.69, 9.17) is 37.9 Å². The van der Waals surface area contributed by atoms with Crippen molar-refractivity contribution in [3.05, 3.63) is 0 Å². The van der Waals surface area contributed by atoms with Crippen LogP contribution in [0.15, 0.2) is 0 Å². The van der Waals surface area contributed by atoms with Crippen LogP contribution in [0, 0.1) is 0 Å². The first-order chi connectivity index (χ1) is 21.8. The summed E-state index contributed by atoms with van der Waals surface area (Å²) in [7, 11) is 1.31. The van der Waals surface area contributed by atoms with Crippen LogP contribution in [-0.4, -0.2) is 123 Å². The Balaban J connectivity index is -0.000000359. The molecule has 0 aromatic heterocycles. The number of carbonyl (C=O) groups excluding carboxylic acids is 4. The molecule has 14 heteroatoms. The van der Waals surface area contributed by atoms with Crippen molar-refractivity contribution in [2.24, 2.45) is 0 Å². The highest BCUT2D eigenvalue weighted by molar-refractivity contribution is 5.77. The van der Waals surface area contributed by atoms with Gasteiger partial charge in [0, 0.05) is 21.2 Å². The van der Waals surface area contributed by atoms with Crippen molar-refractivity contribution in [1.82, 2.24) is 5.32 Å². The predicted octanol–water partition coefficient (Wildman–Crippen LogP) is 3.47. The second kappa shape index (κ2) is 39.7. The Hall–Kier alpha value is -2.36. The van der Waals surface area contributed by atoms with Crippen LogP contribution in [0.2, 0.25) is 0 Å². The van der Waals surface area contributed by atoms with Crippen LogP contribution in [0.1, 0.15) is 81.5 Å². The first-order valence-corrected chi connectivity index (χ1v) is 15.9. The van der Waals surface area contributed by atoms with Crippen LogP contribution < -0.4 is 5.32 Å². The first kappa shape index (κ1) is 47.1. The molecule has 0 rings (SSSR count). The van der Waals surface area contributed by atoms with Gasteiger partial charge in [0.25, 0.3) is 0 Å². The van der Waals surface area contributed by atoms with Crippen molar-refractivity contribution in [2.75, 3.05) is 93.1 Å². The van der Waals surface area contributed by atoms with Crippen LogP contribution in [-0.2, 0) is 61.8 Å². The molecule has 0 aliphatic carbocycles. The minimum absolute atomic E-state index is 0. The predicted molar refractivity (Wildman–Crippen MR) is 170 cm³/mol. The molecule has 1 N–H and O–H groups in total. The summed E-state index contributed by atoms with van der Waals surface area (Å²) in [4.78, 5) is 44.3. The van der Waals surface area contributed by atoms with Crippen LogP contribution >= 0.6 is 0 Å². The van der Waals surface area contributed by atoms with Gasteiger partial charge in [-0.25, -0.2) is 0 Å². The summed E-state index contributed by atoms with van der Waals surface area (Å²) >= 11 is 0. The van der Waals surface area contributed by atoms with Crippen molar-refractivity contribution in [3.63, 3.8) is 0 Å². The third-order valence-electron chi connectivity index (χ3n) is 4.82. The molecule has 0 aromatic carbocycles. The Labute approximate surface area is 271 Å². The maximum absolute atomic E-state index is 11.4. The molecule has 0 fully saturated rings. The van der Waals surface area contributed by atoms with E-state index in [9.17, 15) is 19.2 Å². The number of unbranched alkanes of at least 4 members (excludes halogenated alkanes) is 1. The molecule has 0 aliphatic heterocycles. The van der Waals surface area contributed by atoms with E-state index in [1.54, 1.807) is 6.92 Å². The fourth-order valence-electron chi connectivity index (χ4n) is 2.70. The maximum atomic E-state index is 11.4. The number of ether oxygens (including phenoxy) is 9. The third-order valence-corrected chi connectivity index (χ3v) is 4.82. The van der Waals surface area contributed by atoms with Gasteiger partial charge in [0.2, 0.25) is 5.91 Å². The topological polar surface area (TPSA) is 163 Å². The summed E-state index contributed by atoms with van der Waals surface area (Å²) in [5.74, 6) is -1.13. The van der Waals surface area contributed by atoms with E-state index in [1.165, 1.54) is 7.11 Å². The molecule has 0 heterocycles. The van der Waals surface area contributed by atoms with Gasteiger partial charge >= 0.3 is 17.9 Å². The largest absolute Gasteiger partial charge is 0.469 e. The number of hydrogen-bond donors (Lipinski definition) is 1. The number of methoxy groups -OCH3 is 1. The number of carbonyl (C=O) groups is 4. The summed E-state index contributed by atoms with van der Waals surface area (Å²) in [5, 5.41) is 2.51. The Morgan fingerprint density at radius 1 is 0.622 bits per heavy atom.